The molecule has 0 amide bonds. The Bertz CT molecular complexity index is 617. The third-order valence-corrected chi connectivity index (χ3v) is 6.03. The van der Waals surface area contributed by atoms with Crippen molar-refractivity contribution < 1.29 is 4.74 Å². The number of hydrogen-bond acceptors (Lipinski definition) is 4. The van der Waals surface area contributed by atoms with Gasteiger partial charge in [-0.2, -0.15) is 0 Å². The molecule has 140 valence electrons. The molecule has 3 rings (SSSR count). The third kappa shape index (κ3) is 3.81. The van der Waals surface area contributed by atoms with Crippen molar-refractivity contribution >= 4 is 5.96 Å². The van der Waals surface area contributed by atoms with E-state index in [9.17, 15) is 0 Å². The zero-order chi connectivity index (χ0) is 18.0. The van der Waals surface area contributed by atoms with E-state index in [-0.39, 0.29) is 5.41 Å². The summed E-state index contributed by atoms with van der Waals surface area (Å²) in [5.41, 5.74) is 0.105. The highest BCUT2D eigenvalue weighted by atomic mass is 16.5. The summed E-state index contributed by atoms with van der Waals surface area (Å²) < 4.78 is 7.56. The summed E-state index contributed by atoms with van der Waals surface area (Å²) in [6, 6.07) is 0.889. The average molecular weight is 348 g/mol. The Morgan fingerprint density at radius 1 is 1.28 bits per heavy atom. The molecule has 2 N–H and O–H groups in total. The molecule has 7 nitrogen and oxygen atoms in total. The molecule has 2 aliphatic rings. The van der Waals surface area contributed by atoms with E-state index in [2.05, 4.69) is 34.7 Å². The Morgan fingerprint density at radius 2 is 2.00 bits per heavy atom. The van der Waals surface area contributed by atoms with Gasteiger partial charge in [-0.15, -0.1) is 10.2 Å². The van der Waals surface area contributed by atoms with Crippen LogP contribution in [0.5, 0.6) is 0 Å². The lowest BCUT2D eigenvalue weighted by atomic mass is 9.64. The summed E-state index contributed by atoms with van der Waals surface area (Å²) in [6.45, 7) is 6.99. The van der Waals surface area contributed by atoms with Gasteiger partial charge < -0.3 is 19.9 Å². The Kier molecular flexibility index (Phi) is 5.32. The normalized spacial score (nSPS) is 26.5. The van der Waals surface area contributed by atoms with Gasteiger partial charge in [0.1, 0.15) is 12.4 Å². The predicted molar refractivity (Wildman–Crippen MR) is 98.4 cm³/mol. The number of aliphatic imine (C=N–C) groups is 1. The summed E-state index contributed by atoms with van der Waals surface area (Å²) in [6.07, 6.45) is 6.36. The highest BCUT2D eigenvalue weighted by Gasteiger charge is 2.49. The van der Waals surface area contributed by atoms with Crippen molar-refractivity contribution in [1.29, 1.82) is 0 Å². The van der Waals surface area contributed by atoms with Gasteiger partial charge in [0.15, 0.2) is 11.8 Å². The molecule has 2 atom stereocenters. The molecule has 0 aliphatic heterocycles. The standard InChI is InChI=1S/C18H32N6O/c1-12-22-23-16(24(12)4)11-19-17(20-13-8-6-7-9-13)21-14-10-15(25-5)18(14,2)3/h13-15H,6-11H2,1-5H3,(H2,19,20,21). The van der Waals surface area contributed by atoms with Crippen molar-refractivity contribution in [2.75, 3.05) is 7.11 Å². The van der Waals surface area contributed by atoms with Crippen LogP contribution in [0.15, 0.2) is 4.99 Å². The van der Waals surface area contributed by atoms with Crippen LogP contribution in [0.1, 0.15) is 57.6 Å². The van der Waals surface area contributed by atoms with E-state index in [1.54, 1.807) is 7.11 Å². The maximum absolute atomic E-state index is 5.57. The van der Waals surface area contributed by atoms with Crippen molar-refractivity contribution in [3.63, 3.8) is 0 Å². The quantitative estimate of drug-likeness (QED) is 0.628. The summed E-state index contributed by atoms with van der Waals surface area (Å²) in [4.78, 5) is 4.80. The molecule has 7 heteroatoms. The monoisotopic (exact) mass is 348 g/mol. The van der Waals surface area contributed by atoms with Gasteiger partial charge in [-0.3, -0.25) is 0 Å². The second-order valence-electron chi connectivity index (χ2n) is 7.99. The van der Waals surface area contributed by atoms with Crippen LogP contribution in [-0.4, -0.2) is 46.0 Å². The van der Waals surface area contributed by atoms with Crippen LogP contribution in [0.3, 0.4) is 0 Å². The van der Waals surface area contributed by atoms with E-state index in [1.807, 2.05) is 18.5 Å². The van der Waals surface area contributed by atoms with E-state index in [0.29, 0.717) is 24.7 Å². The van der Waals surface area contributed by atoms with Crippen LogP contribution >= 0.6 is 0 Å². The van der Waals surface area contributed by atoms with Crippen LogP contribution in [0.25, 0.3) is 0 Å². The maximum atomic E-state index is 5.57. The van der Waals surface area contributed by atoms with E-state index in [1.165, 1.54) is 25.7 Å². The molecule has 1 aromatic rings. The molecular formula is C18H32N6O. The summed E-state index contributed by atoms with van der Waals surface area (Å²) in [7, 11) is 3.78. The lowest BCUT2D eigenvalue weighted by molar-refractivity contribution is -0.0923. The van der Waals surface area contributed by atoms with Gasteiger partial charge in [-0.25, -0.2) is 4.99 Å². The SMILES string of the molecule is COC1CC(NC(=NCc2nnc(C)n2C)NC2CCCC2)C1(C)C. The van der Waals surface area contributed by atoms with Crippen molar-refractivity contribution in [2.45, 2.75) is 77.6 Å². The molecule has 2 aliphatic carbocycles. The van der Waals surface area contributed by atoms with Gasteiger partial charge in [-0.05, 0) is 26.2 Å². The van der Waals surface area contributed by atoms with Crippen molar-refractivity contribution in [3.8, 4) is 0 Å². The van der Waals surface area contributed by atoms with E-state index < -0.39 is 0 Å². The van der Waals surface area contributed by atoms with E-state index in [4.69, 9.17) is 9.73 Å². The molecule has 2 unspecified atom stereocenters. The summed E-state index contributed by atoms with van der Waals surface area (Å²) in [5.74, 6) is 2.68. The first-order valence-corrected chi connectivity index (χ1v) is 9.37. The van der Waals surface area contributed by atoms with Crippen LogP contribution in [0.2, 0.25) is 0 Å². The second-order valence-corrected chi connectivity index (χ2v) is 7.99. The highest BCUT2D eigenvalue weighted by molar-refractivity contribution is 5.80. The molecule has 25 heavy (non-hydrogen) atoms. The van der Waals surface area contributed by atoms with Gasteiger partial charge in [-0.1, -0.05) is 26.7 Å². The van der Waals surface area contributed by atoms with Gasteiger partial charge in [0.05, 0.1) is 6.10 Å². The number of aryl methyl sites for hydroxylation is 1. The number of nitrogens with one attached hydrogen (secondary N) is 2. The lowest BCUT2D eigenvalue weighted by Gasteiger charge is -2.51. The van der Waals surface area contributed by atoms with Gasteiger partial charge in [0, 0.05) is 31.7 Å². The fourth-order valence-electron chi connectivity index (χ4n) is 3.83. The number of guanidine groups is 1. The molecule has 0 aromatic carbocycles. The highest BCUT2D eigenvalue weighted by Crippen LogP contribution is 2.42. The smallest absolute Gasteiger partial charge is 0.192 e. The number of rotatable bonds is 5. The molecule has 1 aromatic heterocycles. The van der Waals surface area contributed by atoms with Crippen LogP contribution in [-0.2, 0) is 18.3 Å². The van der Waals surface area contributed by atoms with Crippen molar-refractivity contribution in [3.05, 3.63) is 11.6 Å². The Balaban J connectivity index is 1.68. The molecule has 0 saturated heterocycles. The van der Waals surface area contributed by atoms with Gasteiger partial charge >= 0.3 is 0 Å². The number of nitrogens with zero attached hydrogens (tertiary/aromatic N) is 4. The second kappa shape index (κ2) is 7.32. The summed E-state index contributed by atoms with van der Waals surface area (Å²) >= 11 is 0. The number of hydrogen-bond donors (Lipinski definition) is 2. The molecule has 2 fully saturated rings. The number of ether oxygens (including phenoxy) is 1. The zero-order valence-electron chi connectivity index (χ0n) is 16.2. The third-order valence-electron chi connectivity index (χ3n) is 6.03. The lowest BCUT2D eigenvalue weighted by Crippen LogP contribution is -2.63. The molecule has 2 saturated carbocycles. The molecule has 0 spiro atoms. The largest absolute Gasteiger partial charge is 0.381 e. The Morgan fingerprint density at radius 3 is 2.56 bits per heavy atom. The number of methoxy groups -OCH3 is 1. The summed E-state index contributed by atoms with van der Waals surface area (Å²) in [5, 5.41) is 15.6. The minimum Gasteiger partial charge on any atom is -0.381 e. The molecular weight excluding hydrogens is 316 g/mol. The maximum Gasteiger partial charge on any atom is 0.192 e. The first-order valence-electron chi connectivity index (χ1n) is 9.37. The van der Waals surface area contributed by atoms with Crippen LogP contribution in [0, 0.1) is 12.3 Å². The first-order chi connectivity index (χ1) is 11.9. The molecule has 0 radical (unpaired) electrons. The zero-order valence-corrected chi connectivity index (χ0v) is 16.2. The fourth-order valence-corrected chi connectivity index (χ4v) is 3.83. The number of aromatic nitrogens is 3. The fraction of sp³-hybridized carbons (Fsp3) is 0.833. The predicted octanol–water partition coefficient (Wildman–Crippen LogP) is 1.91. The minimum absolute atomic E-state index is 0.105. The van der Waals surface area contributed by atoms with Gasteiger partial charge in [0.2, 0.25) is 0 Å². The molecule has 0 bridgehead atoms. The van der Waals surface area contributed by atoms with E-state index in [0.717, 1.165) is 24.0 Å². The van der Waals surface area contributed by atoms with Crippen LogP contribution < -0.4 is 10.6 Å². The first kappa shape index (κ1) is 18.2. The van der Waals surface area contributed by atoms with Crippen molar-refractivity contribution in [2.24, 2.45) is 17.5 Å². The average Bonchev–Trinajstić information content (AvgIpc) is 3.20. The van der Waals surface area contributed by atoms with Crippen molar-refractivity contribution in [1.82, 2.24) is 25.4 Å². The Labute approximate surface area is 150 Å². The van der Waals surface area contributed by atoms with Gasteiger partial charge in [0.25, 0.3) is 0 Å². The van der Waals surface area contributed by atoms with E-state index >= 15 is 0 Å². The topological polar surface area (TPSA) is 76.4 Å². The molecule has 1 heterocycles. The minimum atomic E-state index is 0.105. The Hall–Kier alpha value is -1.63. The van der Waals surface area contributed by atoms with Crippen LogP contribution in [0.4, 0.5) is 0 Å².